The number of benzene rings is 1. The van der Waals surface area contributed by atoms with Gasteiger partial charge in [-0.25, -0.2) is 8.42 Å². The van der Waals surface area contributed by atoms with Crippen LogP contribution in [-0.4, -0.2) is 25.8 Å². The summed E-state index contributed by atoms with van der Waals surface area (Å²) in [5.74, 6) is 0. The molecular weight excluding hydrogens is 300 g/mol. The molecule has 6 heteroatoms. The standard InChI is InChI=1S/C16H20N2O3S/c19-22(20)15-8-4-3-7-14(15)21-16(18-22)17-13-10-9-11-5-1-2-6-12(11)13/h1-2,5-6,13-15H,3-4,7-10H2,(H,17,18)/t13-,14?,15?/m1/s1. The van der Waals surface area contributed by atoms with E-state index in [2.05, 4.69) is 21.8 Å². The highest BCUT2D eigenvalue weighted by molar-refractivity contribution is 7.91. The highest BCUT2D eigenvalue weighted by Crippen LogP contribution is 2.33. The van der Waals surface area contributed by atoms with Crippen LogP contribution in [0.1, 0.15) is 49.3 Å². The van der Waals surface area contributed by atoms with Gasteiger partial charge in [0.2, 0.25) is 0 Å². The summed E-state index contributed by atoms with van der Waals surface area (Å²) in [4.78, 5) is 0. The number of amidine groups is 1. The van der Waals surface area contributed by atoms with Crippen LogP contribution < -0.4 is 5.32 Å². The average molecular weight is 320 g/mol. The Morgan fingerprint density at radius 1 is 1.14 bits per heavy atom. The van der Waals surface area contributed by atoms with E-state index in [1.165, 1.54) is 11.1 Å². The van der Waals surface area contributed by atoms with Crippen LogP contribution in [0.5, 0.6) is 0 Å². The Morgan fingerprint density at radius 2 is 1.95 bits per heavy atom. The summed E-state index contributed by atoms with van der Waals surface area (Å²) in [6.45, 7) is 0. The number of nitrogens with one attached hydrogen (secondary N) is 1. The van der Waals surface area contributed by atoms with Crippen molar-refractivity contribution in [2.45, 2.75) is 55.9 Å². The molecule has 3 atom stereocenters. The van der Waals surface area contributed by atoms with Crippen molar-refractivity contribution in [3.63, 3.8) is 0 Å². The van der Waals surface area contributed by atoms with Gasteiger partial charge in [0, 0.05) is 0 Å². The lowest BCUT2D eigenvalue weighted by Crippen LogP contribution is -2.47. The second kappa shape index (κ2) is 5.26. The highest BCUT2D eigenvalue weighted by atomic mass is 32.2. The van der Waals surface area contributed by atoms with Crippen LogP contribution in [0, 0.1) is 0 Å². The number of aryl methyl sites for hydroxylation is 1. The second-order valence-corrected chi connectivity index (χ2v) is 8.14. The first kappa shape index (κ1) is 14.1. The lowest BCUT2D eigenvalue weighted by atomic mass is 9.97. The minimum atomic E-state index is -3.45. The van der Waals surface area contributed by atoms with Crippen LogP contribution in [0.15, 0.2) is 28.7 Å². The molecule has 4 rings (SSSR count). The van der Waals surface area contributed by atoms with Crippen molar-refractivity contribution in [3.8, 4) is 0 Å². The van der Waals surface area contributed by atoms with Gasteiger partial charge in [0.25, 0.3) is 10.0 Å². The number of sulfonamides is 1. The van der Waals surface area contributed by atoms with Crippen LogP contribution in [0.2, 0.25) is 0 Å². The van der Waals surface area contributed by atoms with E-state index in [1.807, 2.05) is 12.1 Å². The Hall–Kier alpha value is -1.56. The Labute approximate surface area is 130 Å². The maximum Gasteiger partial charge on any atom is 0.301 e. The second-order valence-electron chi connectivity index (χ2n) is 6.33. The monoisotopic (exact) mass is 320 g/mol. The molecule has 1 aliphatic heterocycles. The molecule has 2 unspecified atom stereocenters. The zero-order valence-electron chi connectivity index (χ0n) is 12.4. The average Bonchev–Trinajstić information content (AvgIpc) is 2.90. The molecule has 1 saturated carbocycles. The van der Waals surface area contributed by atoms with Gasteiger partial charge in [-0.1, -0.05) is 30.7 Å². The van der Waals surface area contributed by atoms with Gasteiger partial charge in [-0.15, -0.1) is 4.40 Å². The summed E-state index contributed by atoms with van der Waals surface area (Å²) in [5, 5.41) is 2.76. The van der Waals surface area contributed by atoms with Crippen LogP contribution in [-0.2, 0) is 21.2 Å². The molecular formula is C16H20N2O3S. The van der Waals surface area contributed by atoms with E-state index in [-0.39, 0.29) is 18.2 Å². The first-order valence-corrected chi connectivity index (χ1v) is 9.48. The molecule has 1 heterocycles. The molecule has 0 bridgehead atoms. The van der Waals surface area contributed by atoms with Crippen LogP contribution >= 0.6 is 0 Å². The van der Waals surface area contributed by atoms with Crippen molar-refractivity contribution in [2.75, 3.05) is 0 Å². The van der Waals surface area contributed by atoms with Gasteiger partial charge in [-0.2, -0.15) is 0 Å². The van der Waals surface area contributed by atoms with Crippen molar-refractivity contribution in [1.82, 2.24) is 5.32 Å². The Kier molecular flexibility index (Phi) is 3.36. The van der Waals surface area contributed by atoms with E-state index in [1.54, 1.807) is 0 Å². The summed E-state index contributed by atoms with van der Waals surface area (Å²) in [6.07, 6.45) is 5.13. The molecule has 1 fully saturated rings. The van der Waals surface area contributed by atoms with Crippen LogP contribution in [0.3, 0.4) is 0 Å². The van der Waals surface area contributed by atoms with Gasteiger partial charge in [0.15, 0.2) is 0 Å². The van der Waals surface area contributed by atoms with Crippen molar-refractivity contribution in [2.24, 2.45) is 4.40 Å². The third kappa shape index (κ3) is 2.39. The van der Waals surface area contributed by atoms with Crippen LogP contribution in [0.25, 0.3) is 0 Å². The normalized spacial score (nSPS) is 32.4. The third-order valence-electron chi connectivity index (χ3n) is 4.93. The van der Waals surface area contributed by atoms with E-state index in [9.17, 15) is 8.42 Å². The number of nitrogens with zero attached hydrogens (tertiary/aromatic N) is 1. The molecule has 0 amide bonds. The fourth-order valence-corrected chi connectivity index (χ4v) is 5.31. The van der Waals surface area contributed by atoms with E-state index < -0.39 is 15.3 Å². The molecule has 1 N–H and O–H groups in total. The quantitative estimate of drug-likeness (QED) is 0.862. The molecule has 5 nitrogen and oxygen atoms in total. The summed E-state index contributed by atoms with van der Waals surface area (Å²) >= 11 is 0. The zero-order chi connectivity index (χ0) is 15.2. The SMILES string of the molecule is O=S1(=O)N=C(N[C@@H]2CCc3ccccc32)OC2CCCCC21. The third-order valence-corrected chi connectivity index (χ3v) is 6.65. The van der Waals surface area contributed by atoms with Gasteiger partial charge in [-0.05, 0) is 43.2 Å². The minimum absolute atomic E-state index is 0.0882. The number of ether oxygens (including phenoxy) is 1. The summed E-state index contributed by atoms with van der Waals surface area (Å²) in [7, 11) is -3.45. The maximum absolute atomic E-state index is 12.3. The molecule has 22 heavy (non-hydrogen) atoms. The van der Waals surface area contributed by atoms with E-state index in [4.69, 9.17) is 4.74 Å². The highest BCUT2D eigenvalue weighted by Gasteiger charge is 2.42. The van der Waals surface area contributed by atoms with Gasteiger partial charge in [0.1, 0.15) is 11.4 Å². The van der Waals surface area contributed by atoms with Crippen LogP contribution in [0.4, 0.5) is 0 Å². The number of fused-ring (bicyclic) bond motifs is 2. The maximum atomic E-state index is 12.3. The Bertz CT molecular complexity index is 714. The summed E-state index contributed by atoms with van der Waals surface area (Å²) in [5.41, 5.74) is 2.53. The number of rotatable bonds is 1. The fourth-order valence-electron chi connectivity index (χ4n) is 3.80. The molecule has 1 aromatic rings. The molecule has 2 aliphatic carbocycles. The number of hydrogen-bond acceptors (Lipinski definition) is 4. The topological polar surface area (TPSA) is 67.8 Å². The van der Waals surface area contributed by atoms with Gasteiger partial charge in [0.05, 0.1) is 6.04 Å². The molecule has 3 aliphatic rings. The molecule has 0 radical (unpaired) electrons. The van der Waals surface area contributed by atoms with E-state index in [0.717, 1.165) is 32.1 Å². The summed E-state index contributed by atoms with van der Waals surface area (Å²) < 4.78 is 34.4. The Morgan fingerprint density at radius 3 is 2.86 bits per heavy atom. The minimum Gasteiger partial charge on any atom is -0.460 e. The molecule has 0 spiro atoms. The lowest BCUT2D eigenvalue weighted by Gasteiger charge is -2.34. The molecule has 1 aromatic carbocycles. The van der Waals surface area contributed by atoms with Gasteiger partial charge >= 0.3 is 6.02 Å². The smallest absolute Gasteiger partial charge is 0.301 e. The predicted molar refractivity (Wildman–Crippen MR) is 84.1 cm³/mol. The van der Waals surface area contributed by atoms with Gasteiger partial charge in [-0.3, -0.25) is 0 Å². The molecule has 0 aromatic heterocycles. The first-order valence-electron chi connectivity index (χ1n) is 7.98. The van der Waals surface area contributed by atoms with Crippen molar-refractivity contribution < 1.29 is 13.2 Å². The predicted octanol–water partition coefficient (Wildman–Crippen LogP) is 2.29. The fraction of sp³-hybridized carbons (Fsp3) is 0.562. The zero-order valence-corrected chi connectivity index (χ0v) is 13.2. The molecule has 118 valence electrons. The van der Waals surface area contributed by atoms with Crippen molar-refractivity contribution in [1.29, 1.82) is 0 Å². The number of hydrogen-bond donors (Lipinski definition) is 1. The van der Waals surface area contributed by atoms with Gasteiger partial charge < -0.3 is 10.1 Å². The first-order chi connectivity index (χ1) is 10.6. The van der Waals surface area contributed by atoms with E-state index in [0.29, 0.717) is 6.42 Å². The molecule has 0 saturated heterocycles. The summed E-state index contributed by atoms with van der Waals surface area (Å²) in [6, 6.07) is 8.52. The Balaban J connectivity index is 1.58. The lowest BCUT2D eigenvalue weighted by molar-refractivity contribution is 0.131. The van der Waals surface area contributed by atoms with E-state index >= 15 is 0 Å². The largest absolute Gasteiger partial charge is 0.460 e. The van der Waals surface area contributed by atoms with Crippen molar-refractivity contribution >= 4 is 16.0 Å². The van der Waals surface area contributed by atoms with Crippen molar-refractivity contribution in [3.05, 3.63) is 35.4 Å².